The lowest BCUT2D eigenvalue weighted by atomic mass is 9.84. The van der Waals surface area contributed by atoms with Crippen LogP contribution in [0, 0.1) is 0 Å². The van der Waals surface area contributed by atoms with Crippen LogP contribution in [0.25, 0.3) is 16.7 Å². The van der Waals surface area contributed by atoms with Crippen LogP contribution in [-0.2, 0) is 11.4 Å². The predicted octanol–water partition coefficient (Wildman–Crippen LogP) is 3.56. The van der Waals surface area contributed by atoms with Gasteiger partial charge in [-0.2, -0.15) is 5.10 Å². The minimum atomic E-state index is -0.212. The summed E-state index contributed by atoms with van der Waals surface area (Å²) in [6, 6.07) is 1.80. The first-order valence-corrected chi connectivity index (χ1v) is 9.84. The quantitative estimate of drug-likeness (QED) is 0.718. The number of pyridine rings is 1. The normalized spacial score (nSPS) is 18.2. The van der Waals surface area contributed by atoms with Crippen molar-refractivity contribution < 1.29 is 4.84 Å². The Hall–Kier alpha value is -3.00. The summed E-state index contributed by atoms with van der Waals surface area (Å²) in [5.74, 6) is 0.535. The summed E-state index contributed by atoms with van der Waals surface area (Å²) in [7, 11) is 0. The molecule has 2 aliphatic rings. The highest BCUT2D eigenvalue weighted by molar-refractivity contribution is 5.97. The highest BCUT2D eigenvalue weighted by Crippen LogP contribution is 2.40. The number of aromatic nitrogens is 5. The number of hydrogen-bond acceptors (Lipinski definition) is 7. The van der Waals surface area contributed by atoms with Gasteiger partial charge in [-0.15, -0.1) is 0 Å². The van der Waals surface area contributed by atoms with Gasteiger partial charge in [0.2, 0.25) is 5.95 Å². The fourth-order valence-electron chi connectivity index (χ4n) is 4.08. The second kappa shape index (κ2) is 6.87. The Labute approximate surface area is 163 Å². The van der Waals surface area contributed by atoms with E-state index in [9.17, 15) is 0 Å². The number of hydroxylamine groups is 1. The fraction of sp³-hybridized carbons (Fsp3) is 0.400. The molecule has 1 aliphatic carbocycles. The molecule has 2 N–H and O–H groups in total. The molecule has 28 heavy (non-hydrogen) atoms. The van der Waals surface area contributed by atoms with Crippen molar-refractivity contribution in [3.05, 3.63) is 42.5 Å². The van der Waals surface area contributed by atoms with Crippen molar-refractivity contribution in [2.24, 2.45) is 0 Å². The molecule has 1 fully saturated rings. The molecular weight excluding hydrogens is 354 g/mol. The van der Waals surface area contributed by atoms with Crippen LogP contribution < -0.4 is 10.8 Å². The Bertz CT molecular complexity index is 1020. The average molecular weight is 377 g/mol. The smallest absolute Gasteiger partial charge is 0.227 e. The van der Waals surface area contributed by atoms with E-state index < -0.39 is 0 Å². The van der Waals surface area contributed by atoms with E-state index >= 15 is 0 Å². The Morgan fingerprint density at radius 3 is 2.75 bits per heavy atom. The van der Waals surface area contributed by atoms with Crippen molar-refractivity contribution in [1.29, 1.82) is 0 Å². The molecule has 0 unspecified atom stereocenters. The number of hydrogen-bond donors (Lipinski definition) is 2. The zero-order valence-electron chi connectivity index (χ0n) is 15.9. The van der Waals surface area contributed by atoms with Crippen molar-refractivity contribution in [3.8, 4) is 0 Å². The lowest BCUT2D eigenvalue weighted by Crippen LogP contribution is -2.31. The van der Waals surface area contributed by atoms with Gasteiger partial charge in [0, 0.05) is 30.7 Å². The fourth-order valence-corrected chi connectivity index (χ4v) is 4.08. The molecule has 0 radical (unpaired) electrons. The van der Waals surface area contributed by atoms with Crippen LogP contribution in [0.4, 0.5) is 11.6 Å². The van der Waals surface area contributed by atoms with Gasteiger partial charge in [-0.05, 0) is 31.9 Å². The van der Waals surface area contributed by atoms with Gasteiger partial charge in [0.1, 0.15) is 5.60 Å². The lowest BCUT2D eigenvalue weighted by Gasteiger charge is -2.29. The number of rotatable bonds is 4. The number of anilines is 2. The van der Waals surface area contributed by atoms with Gasteiger partial charge in [0.15, 0.2) is 5.65 Å². The van der Waals surface area contributed by atoms with E-state index in [-0.39, 0.29) is 5.60 Å². The second-order valence-electron chi connectivity index (χ2n) is 7.33. The lowest BCUT2D eigenvalue weighted by molar-refractivity contribution is -0.0557. The number of nitrogens with zero attached hydrogens (tertiary/aromatic N) is 5. The van der Waals surface area contributed by atoms with E-state index in [0.29, 0.717) is 5.95 Å². The Morgan fingerprint density at radius 2 is 1.96 bits per heavy atom. The molecule has 0 atom stereocenters. The molecular formula is C20H23N7O. The second-order valence-corrected chi connectivity index (χ2v) is 7.33. The Kier molecular flexibility index (Phi) is 4.20. The molecule has 5 rings (SSSR count). The molecule has 1 saturated carbocycles. The number of nitrogens with one attached hydrogen (secondary N) is 2. The summed E-state index contributed by atoms with van der Waals surface area (Å²) in [5.41, 5.74) is 6.52. The third-order valence-corrected chi connectivity index (χ3v) is 5.53. The van der Waals surface area contributed by atoms with Crippen molar-refractivity contribution in [1.82, 2.24) is 30.2 Å². The summed E-state index contributed by atoms with van der Waals surface area (Å²) >= 11 is 0. The Morgan fingerprint density at radius 1 is 1.14 bits per heavy atom. The van der Waals surface area contributed by atoms with Gasteiger partial charge in [-0.25, -0.2) is 19.6 Å². The molecule has 1 aliphatic heterocycles. The minimum Gasteiger partial charge on any atom is -0.323 e. The zero-order valence-corrected chi connectivity index (χ0v) is 15.9. The first-order chi connectivity index (χ1) is 13.8. The summed E-state index contributed by atoms with van der Waals surface area (Å²) < 4.78 is 1.88. The highest BCUT2D eigenvalue weighted by atomic mass is 16.7. The predicted molar refractivity (Wildman–Crippen MR) is 107 cm³/mol. The third kappa shape index (κ3) is 2.90. The van der Waals surface area contributed by atoms with Crippen LogP contribution >= 0.6 is 0 Å². The molecule has 3 aromatic heterocycles. The summed E-state index contributed by atoms with van der Waals surface area (Å²) in [5, 5.41) is 8.77. The number of fused-ring (bicyclic) bond motifs is 1. The maximum absolute atomic E-state index is 6.04. The van der Waals surface area contributed by atoms with Crippen LogP contribution in [0.3, 0.4) is 0 Å². The summed E-state index contributed by atoms with van der Waals surface area (Å²) in [6.07, 6.45) is 15.1. The maximum Gasteiger partial charge on any atom is 0.227 e. The van der Waals surface area contributed by atoms with Gasteiger partial charge in [0.05, 0.1) is 23.0 Å². The number of aryl methyl sites for hydroxylation is 1. The van der Waals surface area contributed by atoms with E-state index in [0.717, 1.165) is 47.4 Å². The van der Waals surface area contributed by atoms with Crippen LogP contribution in [0.1, 0.15) is 44.6 Å². The maximum atomic E-state index is 6.04. The molecule has 0 aromatic carbocycles. The van der Waals surface area contributed by atoms with Crippen molar-refractivity contribution in [2.75, 3.05) is 5.32 Å². The molecule has 0 bridgehead atoms. The van der Waals surface area contributed by atoms with E-state index in [4.69, 9.17) is 4.84 Å². The molecule has 0 amide bonds. The van der Waals surface area contributed by atoms with Gasteiger partial charge >= 0.3 is 0 Å². The molecule has 8 nitrogen and oxygen atoms in total. The van der Waals surface area contributed by atoms with Crippen molar-refractivity contribution >= 4 is 28.4 Å². The molecule has 144 valence electrons. The highest BCUT2D eigenvalue weighted by Gasteiger charge is 2.37. The summed E-state index contributed by atoms with van der Waals surface area (Å²) in [6.45, 7) is 2.81. The molecule has 0 saturated heterocycles. The first-order valence-electron chi connectivity index (χ1n) is 9.84. The van der Waals surface area contributed by atoms with Crippen LogP contribution in [0.5, 0.6) is 0 Å². The topological polar surface area (TPSA) is 89.8 Å². The standard InChI is InChI=1S/C20H23N7O/c1-2-27-18-15(13-24-27)17(25-19-21-9-6-10-22-19)14(12-23-18)16-11-20(28-26-16)7-4-3-5-8-20/h6,9-13,26H,2-5,7-8H2,1H3,(H,21,22,23,25). The Balaban J connectivity index is 1.62. The van der Waals surface area contributed by atoms with E-state index in [2.05, 4.69) is 43.8 Å². The summed E-state index contributed by atoms with van der Waals surface area (Å²) in [4.78, 5) is 19.4. The molecule has 3 aromatic rings. The third-order valence-electron chi connectivity index (χ3n) is 5.53. The molecule has 1 spiro atoms. The average Bonchev–Trinajstić information content (AvgIpc) is 3.34. The largest absolute Gasteiger partial charge is 0.323 e. The van der Waals surface area contributed by atoms with E-state index in [1.54, 1.807) is 18.5 Å². The zero-order chi connectivity index (χ0) is 19.0. The van der Waals surface area contributed by atoms with Crippen molar-refractivity contribution in [2.45, 2.75) is 51.2 Å². The van der Waals surface area contributed by atoms with Gasteiger partial charge in [-0.3, -0.25) is 10.3 Å². The van der Waals surface area contributed by atoms with Gasteiger partial charge < -0.3 is 5.32 Å². The monoisotopic (exact) mass is 377 g/mol. The SMILES string of the molecule is CCn1ncc2c(Nc3ncccn3)c(C3=CC4(CCCCC4)ON3)cnc21. The van der Waals surface area contributed by atoms with E-state index in [1.165, 1.54) is 19.3 Å². The first kappa shape index (κ1) is 17.1. The van der Waals surface area contributed by atoms with Gasteiger partial charge in [-0.1, -0.05) is 19.3 Å². The van der Waals surface area contributed by atoms with Crippen molar-refractivity contribution in [3.63, 3.8) is 0 Å². The van der Waals surface area contributed by atoms with Crippen LogP contribution in [-0.4, -0.2) is 30.3 Å². The van der Waals surface area contributed by atoms with Crippen LogP contribution in [0.15, 0.2) is 36.9 Å². The minimum absolute atomic E-state index is 0.212. The van der Waals surface area contributed by atoms with Crippen LogP contribution in [0.2, 0.25) is 0 Å². The molecule has 8 heteroatoms. The van der Waals surface area contributed by atoms with Gasteiger partial charge in [0.25, 0.3) is 0 Å². The molecule has 4 heterocycles. The van der Waals surface area contributed by atoms with E-state index in [1.807, 2.05) is 17.1 Å².